The first kappa shape index (κ1) is 32.5. The fourth-order valence-corrected chi connectivity index (χ4v) is 9.81. The zero-order valence-corrected chi connectivity index (χ0v) is 28.4. The number of anilines is 1. The van der Waals surface area contributed by atoms with E-state index in [1.54, 1.807) is 24.3 Å². The van der Waals surface area contributed by atoms with Crippen LogP contribution in [0, 0.1) is 23.7 Å². The number of rotatable bonds is 5. The fourth-order valence-electron chi connectivity index (χ4n) is 9.81. The monoisotopic (exact) mass is 699 g/mol. The van der Waals surface area contributed by atoms with Crippen LogP contribution in [0.25, 0.3) is 16.3 Å². The highest BCUT2D eigenvalue weighted by Gasteiger charge is 2.66. The van der Waals surface area contributed by atoms with E-state index in [4.69, 9.17) is 0 Å². The smallest absolute Gasteiger partial charge is 0.335 e. The summed E-state index contributed by atoms with van der Waals surface area (Å²) in [5.41, 5.74) is 1.38. The molecular weight excluding hydrogens is 666 g/mol. The maximum absolute atomic E-state index is 15.3. The molecule has 0 radical (unpaired) electrons. The van der Waals surface area contributed by atoms with E-state index in [-0.39, 0.29) is 47.0 Å². The van der Waals surface area contributed by atoms with Crippen LogP contribution in [0.3, 0.4) is 0 Å². The number of hydrogen-bond acceptors (Lipinski definition) is 6. The van der Waals surface area contributed by atoms with Crippen LogP contribution in [-0.2, 0) is 24.6 Å². The van der Waals surface area contributed by atoms with Crippen LogP contribution in [0.1, 0.15) is 45.8 Å². The molecule has 0 spiro atoms. The van der Waals surface area contributed by atoms with Crippen molar-refractivity contribution < 1.29 is 34.2 Å². The zero-order chi connectivity index (χ0) is 36.6. The normalized spacial score (nSPS) is 26.4. The molecule has 4 aliphatic rings. The lowest BCUT2D eigenvalue weighted by molar-refractivity contribution is -0.135. The van der Waals surface area contributed by atoms with Gasteiger partial charge < -0.3 is 10.2 Å². The Hall–Kier alpha value is -6.41. The molecule has 2 fully saturated rings. The van der Waals surface area contributed by atoms with Crippen molar-refractivity contribution in [2.75, 3.05) is 4.90 Å². The Morgan fingerprint density at radius 2 is 1.47 bits per heavy atom. The number of aromatic carboxylic acids is 1. The van der Waals surface area contributed by atoms with Gasteiger partial charge in [0.2, 0.25) is 11.8 Å². The van der Waals surface area contributed by atoms with Crippen molar-refractivity contribution in [2.24, 2.45) is 23.7 Å². The first-order valence-electron chi connectivity index (χ1n) is 17.7. The van der Waals surface area contributed by atoms with Gasteiger partial charge >= 0.3 is 5.97 Å². The average Bonchev–Trinajstić information content (AvgIpc) is 3.45. The quantitative estimate of drug-likeness (QED) is 0.146. The van der Waals surface area contributed by atoms with E-state index in [0.29, 0.717) is 22.1 Å². The number of phenolic OH excluding ortho intramolecular Hbond substituents is 1. The molecule has 8 heteroatoms. The Balaban J connectivity index is 1.30. The van der Waals surface area contributed by atoms with Gasteiger partial charge in [-0.3, -0.25) is 24.1 Å². The maximum atomic E-state index is 15.3. The molecule has 9 rings (SSSR count). The summed E-state index contributed by atoms with van der Waals surface area (Å²) in [5.74, 6) is -6.75. The first-order chi connectivity index (χ1) is 25.7. The van der Waals surface area contributed by atoms with E-state index in [1.165, 1.54) is 24.3 Å². The topological polar surface area (TPSA) is 129 Å². The van der Waals surface area contributed by atoms with Crippen molar-refractivity contribution in [1.82, 2.24) is 0 Å². The summed E-state index contributed by atoms with van der Waals surface area (Å²) < 4.78 is 0. The van der Waals surface area contributed by atoms with E-state index < -0.39 is 52.8 Å². The molecule has 2 N–H and O–H groups in total. The third kappa shape index (κ3) is 4.64. The van der Waals surface area contributed by atoms with Crippen molar-refractivity contribution in [2.45, 2.75) is 24.2 Å². The number of carboxylic acids is 1. The van der Waals surface area contributed by atoms with Crippen molar-refractivity contribution in [1.29, 1.82) is 0 Å². The van der Waals surface area contributed by atoms with E-state index in [1.807, 2.05) is 84.9 Å². The Bertz CT molecular complexity index is 2470. The van der Waals surface area contributed by atoms with Gasteiger partial charge in [0.15, 0.2) is 11.6 Å². The third-order valence-corrected chi connectivity index (χ3v) is 12.0. The second-order valence-electron chi connectivity index (χ2n) is 14.4. The Morgan fingerprint density at radius 1 is 0.755 bits per heavy atom. The molecular formula is C45H33NO7. The summed E-state index contributed by atoms with van der Waals surface area (Å²) in [7, 11) is 0. The molecule has 0 bridgehead atoms. The van der Waals surface area contributed by atoms with Gasteiger partial charge in [0.05, 0.1) is 28.5 Å². The van der Waals surface area contributed by atoms with Crippen LogP contribution in [-0.4, -0.2) is 39.6 Å². The molecule has 1 saturated carbocycles. The van der Waals surface area contributed by atoms with Gasteiger partial charge in [-0.2, -0.15) is 0 Å². The number of Topliss-reactive ketones (excluding diaryl/α,β-unsaturated/α-hetero) is 1. The number of nitrogens with zero attached hydrogens (tertiary/aromatic N) is 1. The number of ketones is 2. The summed E-state index contributed by atoms with van der Waals surface area (Å²) in [5, 5.41) is 23.1. The zero-order valence-electron chi connectivity index (χ0n) is 28.4. The van der Waals surface area contributed by atoms with E-state index in [0.717, 1.165) is 15.9 Å². The van der Waals surface area contributed by atoms with E-state index in [2.05, 4.69) is 0 Å². The lowest BCUT2D eigenvalue weighted by atomic mass is 9.44. The Morgan fingerprint density at radius 3 is 2.23 bits per heavy atom. The molecule has 53 heavy (non-hydrogen) atoms. The predicted molar refractivity (Wildman–Crippen MR) is 198 cm³/mol. The molecule has 1 aliphatic heterocycles. The van der Waals surface area contributed by atoms with E-state index in [9.17, 15) is 24.6 Å². The summed E-state index contributed by atoms with van der Waals surface area (Å²) in [6.07, 6.45) is 3.72. The minimum absolute atomic E-state index is 0.0366. The van der Waals surface area contributed by atoms with Crippen LogP contribution in [0.4, 0.5) is 5.69 Å². The SMILES string of the molecule is O=C(O)c1cccc(N2C(=O)C3CC=C4C(CC5C(=O)C(c6ccccc6)=CC(=O)C5(c5ccccc5)C4c4c(O)ccc5ccccc45)C3C2=O)c1. The number of imide groups is 1. The number of hydrogen-bond donors (Lipinski definition) is 2. The average molecular weight is 700 g/mol. The molecule has 3 aliphatic carbocycles. The van der Waals surface area contributed by atoms with Crippen molar-refractivity contribution in [3.8, 4) is 5.75 Å². The first-order valence-corrected chi connectivity index (χ1v) is 17.7. The summed E-state index contributed by atoms with van der Waals surface area (Å²) in [6.45, 7) is 0. The molecule has 1 heterocycles. The number of allylic oxidation sites excluding steroid dienone is 4. The van der Waals surface area contributed by atoms with Crippen LogP contribution in [0.2, 0.25) is 0 Å². The van der Waals surface area contributed by atoms with Crippen LogP contribution in [0.15, 0.2) is 139 Å². The van der Waals surface area contributed by atoms with Gasteiger partial charge in [-0.05, 0) is 71.0 Å². The molecule has 5 aromatic carbocycles. The number of carbonyl (C=O) groups excluding carboxylic acids is 4. The lowest BCUT2D eigenvalue weighted by Crippen LogP contribution is -2.58. The maximum Gasteiger partial charge on any atom is 0.335 e. The number of benzene rings is 5. The number of carboxylic acid groups (broad SMARTS) is 1. The lowest BCUT2D eigenvalue weighted by Gasteiger charge is -2.55. The van der Waals surface area contributed by atoms with E-state index >= 15 is 9.59 Å². The minimum Gasteiger partial charge on any atom is -0.508 e. The summed E-state index contributed by atoms with van der Waals surface area (Å²) in [6, 6.07) is 35.1. The molecule has 2 amide bonds. The highest BCUT2D eigenvalue weighted by atomic mass is 16.4. The molecule has 8 nitrogen and oxygen atoms in total. The van der Waals surface area contributed by atoms with Gasteiger partial charge in [-0.25, -0.2) is 4.79 Å². The van der Waals surface area contributed by atoms with Crippen LogP contribution < -0.4 is 4.90 Å². The van der Waals surface area contributed by atoms with Gasteiger partial charge in [-0.1, -0.05) is 109 Å². The number of aromatic hydroxyl groups is 1. The Labute approximate surface area is 304 Å². The summed E-state index contributed by atoms with van der Waals surface area (Å²) in [4.78, 5) is 72.3. The van der Waals surface area contributed by atoms with Gasteiger partial charge in [0.25, 0.3) is 0 Å². The molecule has 260 valence electrons. The molecule has 0 aromatic heterocycles. The van der Waals surface area contributed by atoms with Crippen molar-refractivity contribution in [3.05, 3.63) is 161 Å². The third-order valence-electron chi connectivity index (χ3n) is 12.0. The van der Waals surface area contributed by atoms with Gasteiger partial charge in [0.1, 0.15) is 5.75 Å². The largest absolute Gasteiger partial charge is 0.508 e. The van der Waals surface area contributed by atoms with Crippen molar-refractivity contribution in [3.63, 3.8) is 0 Å². The molecule has 6 unspecified atom stereocenters. The summed E-state index contributed by atoms with van der Waals surface area (Å²) >= 11 is 0. The Kier molecular flexibility index (Phi) is 7.41. The molecule has 1 saturated heterocycles. The number of phenols is 1. The number of fused-ring (bicyclic) bond motifs is 5. The fraction of sp³-hybridized carbons (Fsp3) is 0.178. The second kappa shape index (κ2) is 12.1. The highest BCUT2D eigenvalue weighted by Crippen LogP contribution is 2.65. The molecule has 5 aromatic rings. The minimum atomic E-state index is -1.49. The standard InChI is InChI=1S/C45H33NO7/c47-36-21-18-26-12-7-8-17-30(26)39(36)40-31-19-20-32-38(43(51)46(42(32)50)29-16-9-13-27(22-29)44(52)53)34(31)23-35-41(49)33(25-10-3-1-4-11-25)24-37(48)45(35,40)28-14-5-2-6-15-28/h1-19,21-22,24,32,34-35,38,40,47H,20,23H2,(H,52,53). The predicted octanol–water partition coefficient (Wildman–Crippen LogP) is 7.27. The highest BCUT2D eigenvalue weighted by molar-refractivity contribution is 6.32. The van der Waals surface area contributed by atoms with Gasteiger partial charge in [0, 0.05) is 23.0 Å². The molecule has 6 atom stereocenters. The van der Waals surface area contributed by atoms with Gasteiger partial charge in [-0.15, -0.1) is 0 Å². The number of carbonyl (C=O) groups is 5. The second-order valence-corrected chi connectivity index (χ2v) is 14.4. The van der Waals surface area contributed by atoms with Crippen molar-refractivity contribution >= 4 is 51.4 Å². The van der Waals surface area contributed by atoms with Crippen LogP contribution >= 0.6 is 0 Å². The van der Waals surface area contributed by atoms with Crippen LogP contribution in [0.5, 0.6) is 5.75 Å². The number of amides is 2.